The van der Waals surface area contributed by atoms with Crippen LogP contribution in [0.5, 0.6) is 0 Å². The first-order valence-corrected chi connectivity index (χ1v) is 6.87. The van der Waals surface area contributed by atoms with Crippen LogP contribution in [0, 0.1) is 5.82 Å². The number of carboxylic acids is 1. The van der Waals surface area contributed by atoms with Crippen LogP contribution in [0.3, 0.4) is 0 Å². The molecule has 0 aliphatic carbocycles. The summed E-state index contributed by atoms with van der Waals surface area (Å²) in [6.45, 7) is 2.63. The molecule has 0 saturated carbocycles. The standard InChI is InChI=1S/C14H17ClFNO3/c1-14(13(18)19,17-8-10-3-2-6-20-10)11-5-4-9(16)7-12(11)15/h4-5,7,10,17H,2-3,6,8H2,1H3,(H,18,19). The van der Waals surface area contributed by atoms with Crippen molar-refractivity contribution in [2.24, 2.45) is 0 Å². The van der Waals surface area contributed by atoms with Crippen molar-refractivity contribution in [2.75, 3.05) is 13.2 Å². The Morgan fingerprint density at radius 2 is 2.40 bits per heavy atom. The van der Waals surface area contributed by atoms with Crippen molar-refractivity contribution in [3.8, 4) is 0 Å². The third-order valence-electron chi connectivity index (χ3n) is 3.60. The highest BCUT2D eigenvalue weighted by atomic mass is 35.5. The first-order valence-electron chi connectivity index (χ1n) is 6.49. The van der Waals surface area contributed by atoms with Gasteiger partial charge in [-0.05, 0) is 31.9 Å². The average molecular weight is 302 g/mol. The Morgan fingerprint density at radius 1 is 1.65 bits per heavy atom. The summed E-state index contributed by atoms with van der Waals surface area (Å²) in [6, 6.07) is 3.72. The molecule has 1 aromatic rings. The number of aliphatic carboxylic acids is 1. The van der Waals surface area contributed by atoms with Crippen molar-refractivity contribution in [2.45, 2.75) is 31.4 Å². The van der Waals surface area contributed by atoms with Gasteiger partial charge in [0.05, 0.1) is 6.10 Å². The van der Waals surface area contributed by atoms with Crippen LogP contribution < -0.4 is 5.32 Å². The number of nitrogens with one attached hydrogen (secondary N) is 1. The molecule has 1 aliphatic rings. The van der Waals surface area contributed by atoms with E-state index in [1.165, 1.54) is 19.1 Å². The molecule has 2 rings (SSSR count). The van der Waals surface area contributed by atoms with Crippen molar-refractivity contribution < 1.29 is 19.0 Å². The number of hydrogen-bond donors (Lipinski definition) is 2. The number of benzene rings is 1. The summed E-state index contributed by atoms with van der Waals surface area (Å²) in [5, 5.41) is 12.6. The summed E-state index contributed by atoms with van der Waals surface area (Å²) < 4.78 is 18.6. The highest BCUT2D eigenvalue weighted by Gasteiger charge is 2.37. The first kappa shape index (κ1) is 15.2. The van der Waals surface area contributed by atoms with Crippen molar-refractivity contribution in [1.29, 1.82) is 0 Å². The summed E-state index contributed by atoms with van der Waals surface area (Å²) in [5.41, 5.74) is -1.04. The SMILES string of the molecule is CC(NCC1CCCO1)(C(=O)O)c1ccc(F)cc1Cl. The zero-order valence-corrected chi connectivity index (χ0v) is 11.9. The topological polar surface area (TPSA) is 58.6 Å². The maximum Gasteiger partial charge on any atom is 0.328 e. The molecule has 2 atom stereocenters. The molecule has 1 saturated heterocycles. The van der Waals surface area contributed by atoms with Crippen molar-refractivity contribution in [3.05, 3.63) is 34.6 Å². The van der Waals surface area contributed by atoms with Gasteiger partial charge in [-0.1, -0.05) is 17.7 Å². The lowest BCUT2D eigenvalue weighted by atomic mass is 9.91. The van der Waals surface area contributed by atoms with Crippen molar-refractivity contribution >= 4 is 17.6 Å². The lowest BCUT2D eigenvalue weighted by Crippen LogP contribution is -2.49. The second-order valence-corrected chi connectivity index (χ2v) is 5.48. The minimum atomic E-state index is -1.38. The van der Waals surface area contributed by atoms with Gasteiger partial charge in [0.15, 0.2) is 0 Å². The molecule has 20 heavy (non-hydrogen) atoms. The van der Waals surface area contributed by atoms with E-state index in [0.717, 1.165) is 18.9 Å². The molecule has 6 heteroatoms. The van der Waals surface area contributed by atoms with Crippen LogP contribution >= 0.6 is 11.6 Å². The van der Waals surface area contributed by atoms with E-state index in [1.54, 1.807) is 0 Å². The molecule has 0 radical (unpaired) electrons. The third-order valence-corrected chi connectivity index (χ3v) is 3.92. The smallest absolute Gasteiger partial charge is 0.328 e. The third kappa shape index (κ3) is 3.11. The van der Waals surface area contributed by atoms with Gasteiger partial charge in [0.2, 0.25) is 0 Å². The highest BCUT2D eigenvalue weighted by Crippen LogP contribution is 2.29. The van der Waals surface area contributed by atoms with Crippen LogP contribution in [-0.2, 0) is 15.1 Å². The minimum absolute atomic E-state index is 0.00731. The second-order valence-electron chi connectivity index (χ2n) is 5.07. The van der Waals surface area contributed by atoms with Gasteiger partial charge in [-0.3, -0.25) is 5.32 Å². The van der Waals surface area contributed by atoms with Gasteiger partial charge in [-0.15, -0.1) is 0 Å². The zero-order valence-electron chi connectivity index (χ0n) is 11.2. The van der Waals surface area contributed by atoms with Gasteiger partial charge < -0.3 is 9.84 Å². The summed E-state index contributed by atoms with van der Waals surface area (Å²) in [5.74, 6) is -1.56. The normalized spacial score (nSPS) is 21.6. The number of carbonyl (C=O) groups is 1. The molecule has 1 aliphatic heterocycles. The fourth-order valence-electron chi connectivity index (χ4n) is 2.30. The maximum absolute atomic E-state index is 13.1. The number of halogens is 2. The molecule has 1 aromatic carbocycles. The van der Waals surface area contributed by atoms with Crippen LogP contribution in [0.15, 0.2) is 18.2 Å². The Bertz CT molecular complexity index is 505. The zero-order chi connectivity index (χ0) is 14.8. The predicted molar refractivity (Wildman–Crippen MR) is 73.4 cm³/mol. The highest BCUT2D eigenvalue weighted by molar-refractivity contribution is 6.31. The molecule has 0 aromatic heterocycles. The molecule has 1 fully saturated rings. The van der Waals surface area contributed by atoms with E-state index in [0.29, 0.717) is 18.7 Å². The van der Waals surface area contributed by atoms with Gasteiger partial charge in [-0.2, -0.15) is 0 Å². The molecule has 4 nitrogen and oxygen atoms in total. The molecule has 0 spiro atoms. The van der Waals surface area contributed by atoms with E-state index < -0.39 is 17.3 Å². The van der Waals surface area contributed by atoms with Crippen LogP contribution in [0.25, 0.3) is 0 Å². The second kappa shape index (κ2) is 6.08. The maximum atomic E-state index is 13.1. The molecule has 0 amide bonds. The van der Waals surface area contributed by atoms with Crippen LogP contribution in [0.2, 0.25) is 5.02 Å². The number of hydrogen-bond acceptors (Lipinski definition) is 3. The van der Waals surface area contributed by atoms with Gasteiger partial charge in [0.1, 0.15) is 11.4 Å². The van der Waals surface area contributed by atoms with Gasteiger partial charge in [-0.25, -0.2) is 9.18 Å². The van der Waals surface area contributed by atoms with E-state index in [2.05, 4.69) is 5.32 Å². The molecule has 2 unspecified atom stereocenters. The van der Waals surface area contributed by atoms with E-state index >= 15 is 0 Å². The van der Waals surface area contributed by atoms with Crippen molar-refractivity contribution in [1.82, 2.24) is 5.32 Å². The van der Waals surface area contributed by atoms with Crippen molar-refractivity contribution in [3.63, 3.8) is 0 Å². The van der Waals surface area contributed by atoms with E-state index in [9.17, 15) is 14.3 Å². The minimum Gasteiger partial charge on any atom is -0.480 e. The summed E-state index contributed by atoms with van der Waals surface area (Å²) >= 11 is 5.98. The van der Waals surface area contributed by atoms with E-state index in [1.807, 2.05) is 0 Å². The van der Waals surface area contributed by atoms with Crippen LogP contribution in [-0.4, -0.2) is 30.3 Å². The quantitative estimate of drug-likeness (QED) is 0.877. The van der Waals surface area contributed by atoms with E-state index in [-0.39, 0.29) is 11.1 Å². The van der Waals surface area contributed by atoms with Crippen LogP contribution in [0.1, 0.15) is 25.3 Å². The molecule has 2 N–H and O–H groups in total. The first-order chi connectivity index (χ1) is 9.43. The molecular formula is C14H17ClFNO3. The predicted octanol–water partition coefficient (Wildman–Crippen LogP) is 2.55. The summed E-state index contributed by atoms with van der Waals surface area (Å²) in [4.78, 5) is 11.6. The molecule has 1 heterocycles. The number of rotatable bonds is 5. The molecule has 110 valence electrons. The van der Waals surface area contributed by atoms with Gasteiger partial charge >= 0.3 is 5.97 Å². The van der Waals surface area contributed by atoms with Gasteiger partial charge in [0, 0.05) is 23.7 Å². The Balaban J connectivity index is 2.21. The monoisotopic (exact) mass is 301 g/mol. The Hall–Kier alpha value is -1.17. The Morgan fingerprint density at radius 3 is 2.95 bits per heavy atom. The largest absolute Gasteiger partial charge is 0.480 e. The number of carboxylic acid groups (broad SMARTS) is 1. The molecule has 0 bridgehead atoms. The Labute approximate surface area is 121 Å². The Kier molecular flexibility index (Phi) is 4.62. The average Bonchev–Trinajstić information content (AvgIpc) is 2.88. The lowest BCUT2D eigenvalue weighted by Gasteiger charge is -2.29. The number of ether oxygens (including phenoxy) is 1. The fourth-order valence-corrected chi connectivity index (χ4v) is 2.66. The fraction of sp³-hybridized carbons (Fsp3) is 0.500. The van der Waals surface area contributed by atoms with E-state index in [4.69, 9.17) is 16.3 Å². The summed E-state index contributed by atoms with van der Waals surface area (Å²) in [7, 11) is 0. The molecular weight excluding hydrogens is 285 g/mol. The van der Waals surface area contributed by atoms with Crippen LogP contribution in [0.4, 0.5) is 4.39 Å². The summed E-state index contributed by atoms with van der Waals surface area (Å²) in [6.07, 6.45) is 1.89. The lowest BCUT2D eigenvalue weighted by molar-refractivity contribution is -0.144. The van der Waals surface area contributed by atoms with Gasteiger partial charge in [0.25, 0.3) is 0 Å².